The first-order chi connectivity index (χ1) is 15.1. The van der Waals surface area contributed by atoms with Crippen molar-refractivity contribution in [2.45, 2.75) is 25.8 Å². The second-order valence-electron chi connectivity index (χ2n) is 7.90. The highest BCUT2D eigenvalue weighted by Gasteiger charge is 2.42. The van der Waals surface area contributed by atoms with Gasteiger partial charge in [-0.3, -0.25) is 14.6 Å². The number of benzene rings is 1. The second-order valence-corrected chi connectivity index (χ2v) is 7.90. The minimum absolute atomic E-state index is 0.00630. The molecule has 0 saturated carbocycles. The maximum absolute atomic E-state index is 13.0. The number of amides is 2. The number of nitrogens with one attached hydrogen (secondary N) is 1. The fraction of sp³-hybridized carbons (Fsp3) is 0.348. The van der Waals surface area contributed by atoms with E-state index in [-0.39, 0.29) is 18.4 Å². The third-order valence-corrected chi connectivity index (χ3v) is 6.08. The fourth-order valence-corrected chi connectivity index (χ4v) is 4.34. The summed E-state index contributed by atoms with van der Waals surface area (Å²) in [5, 5.41) is 6.87. The quantitative estimate of drug-likeness (QED) is 0.660. The Balaban J connectivity index is 1.53. The molecule has 3 heterocycles. The van der Waals surface area contributed by atoms with Crippen LogP contribution >= 0.6 is 0 Å². The highest BCUT2D eigenvalue weighted by molar-refractivity contribution is 5.84. The van der Waals surface area contributed by atoms with Crippen molar-refractivity contribution in [3.8, 4) is 11.1 Å². The first-order valence-corrected chi connectivity index (χ1v) is 10.4. The van der Waals surface area contributed by atoms with Crippen LogP contribution in [0, 0.1) is 5.41 Å². The number of piperidine rings is 1. The average Bonchev–Trinajstić information content (AvgIpc) is 3.33. The van der Waals surface area contributed by atoms with Gasteiger partial charge in [-0.15, -0.1) is 0 Å². The van der Waals surface area contributed by atoms with Gasteiger partial charge in [-0.2, -0.15) is 5.10 Å². The molecule has 1 fully saturated rings. The molecule has 160 valence electrons. The van der Waals surface area contributed by atoms with Gasteiger partial charge < -0.3 is 10.2 Å². The van der Waals surface area contributed by atoms with E-state index in [1.807, 2.05) is 29.2 Å². The van der Waals surface area contributed by atoms with Crippen molar-refractivity contribution in [2.24, 2.45) is 5.41 Å². The highest BCUT2D eigenvalue weighted by atomic mass is 16.2. The minimum atomic E-state index is -0.554. The molecule has 2 aromatic heterocycles. The Morgan fingerprint density at radius 1 is 1.06 bits per heavy atom. The number of hydrogen-bond acceptors (Lipinski definition) is 5. The first-order valence-electron chi connectivity index (χ1n) is 10.4. The van der Waals surface area contributed by atoms with Crippen LogP contribution in [-0.2, 0) is 22.6 Å². The summed E-state index contributed by atoms with van der Waals surface area (Å²) < 4.78 is 1.52. The molecule has 1 aliphatic rings. The van der Waals surface area contributed by atoms with Gasteiger partial charge in [0.05, 0.1) is 5.41 Å². The lowest BCUT2D eigenvalue weighted by Gasteiger charge is -2.41. The lowest BCUT2D eigenvalue weighted by atomic mass is 9.72. The van der Waals surface area contributed by atoms with Crippen LogP contribution in [0.4, 0.5) is 0 Å². The standard InChI is InChI=1S/C23H26N6O2/c1-24-22(31)23(8-12-28(13-9-23)21(30)15-29-17-26-16-27-29)14-19-4-2-3-5-20(19)18-6-10-25-11-7-18/h2-7,10-11,16-17H,8-9,12-15H2,1H3,(H,24,31). The van der Waals surface area contributed by atoms with Gasteiger partial charge in [-0.25, -0.2) is 9.67 Å². The van der Waals surface area contributed by atoms with Crippen molar-refractivity contribution >= 4 is 11.8 Å². The van der Waals surface area contributed by atoms with E-state index in [0.717, 1.165) is 16.7 Å². The number of likely N-dealkylation sites (tertiary alicyclic amines) is 1. The third-order valence-electron chi connectivity index (χ3n) is 6.08. The SMILES string of the molecule is CNC(=O)C1(Cc2ccccc2-c2ccncc2)CCN(C(=O)Cn2cncn2)CC1. The average molecular weight is 419 g/mol. The van der Waals surface area contributed by atoms with Crippen molar-refractivity contribution in [3.05, 3.63) is 67.0 Å². The summed E-state index contributed by atoms with van der Waals surface area (Å²) in [5.41, 5.74) is 2.76. The zero-order chi connectivity index (χ0) is 21.7. The van der Waals surface area contributed by atoms with E-state index in [1.54, 1.807) is 19.4 Å². The zero-order valence-corrected chi connectivity index (χ0v) is 17.6. The van der Waals surface area contributed by atoms with E-state index in [9.17, 15) is 9.59 Å². The number of pyridine rings is 1. The van der Waals surface area contributed by atoms with Crippen LogP contribution in [-0.4, -0.2) is 56.6 Å². The Hall–Kier alpha value is -3.55. The van der Waals surface area contributed by atoms with Crippen LogP contribution in [0.2, 0.25) is 0 Å². The monoisotopic (exact) mass is 418 g/mol. The number of rotatable bonds is 6. The highest BCUT2D eigenvalue weighted by Crippen LogP contribution is 2.38. The number of carbonyl (C=O) groups excluding carboxylic acids is 2. The lowest BCUT2D eigenvalue weighted by Crippen LogP contribution is -2.51. The molecule has 2 amide bonds. The molecule has 4 rings (SSSR count). The van der Waals surface area contributed by atoms with E-state index in [2.05, 4.69) is 32.5 Å². The largest absolute Gasteiger partial charge is 0.359 e. The predicted molar refractivity (Wildman–Crippen MR) is 116 cm³/mol. The van der Waals surface area contributed by atoms with Crippen molar-refractivity contribution < 1.29 is 9.59 Å². The second kappa shape index (κ2) is 9.07. The van der Waals surface area contributed by atoms with Crippen LogP contribution in [0.25, 0.3) is 11.1 Å². The Morgan fingerprint density at radius 2 is 1.81 bits per heavy atom. The minimum Gasteiger partial charge on any atom is -0.359 e. The molecular weight excluding hydrogens is 392 g/mol. The number of hydrogen-bond donors (Lipinski definition) is 1. The summed E-state index contributed by atoms with van der Waals surface area (Å²) in [6, 6.07) is 12.2. The van der Waals surface area contributed by atoms with Gasteiger partial charge in [-0.1, -0.05) is 24.3 Å². The Bertz CT molecular complexity index is 1030. The molecule has 0 aliphatic carbocycles. The van der Waals surface area contributed by atoms with Crippen molar-refractivity contribution in [1.82, 2.24) is 30.0 Å². The van der Waals surface area contributed by atoms with Crippen LogP contribution in [0.5, 0.6) is 0 Å². The lowest BCUT2D eigenvalue weighted by molar-refractivity contribution is -0.140. The van der Waals surface area contributed by atoms with Gasteiger partial charge >= 0.3 is 0 Å². The Morgan fingerprint density at radius 3 is 2.48 bits per heavy atom. The van der Waals surface area contributed by atoms with E-state index >= 15 is 0 Å². The molecule has 0 bridgehead atoms. The molecular formula is C23H26N6O2. The molecule has 0 radical (unpaired) electrons. The third kappa shape index (κ3) is 4.47. The zero-order valence-electron chi connectivity index (χ0n) is 17.6. The van der Waals surface area contributed by atoms with Gasteiger partial charge in [0.15, 0.2) is 0 Å². The van der Waals surface area contributed by atoms with Gasteiger partial charge in [0.2, 0.25) is 11.8 Å². The molecule has 1 aromatic carbocycles. The molecule has 3 aromatic rings. The maximum atomic E-state index is 13.0. The van der Waals surface area contributed by atoms with Gasteiger partial charge in [0, 0.05) is 32.5 Å². The molecule has 8 heteroatoms. The Labute approximate surface area is 181 Å². The molecule has 0 unspecified atom stereocenters. The van der Waals surface area contributed by atoms with Crippen molar-refractivity contribution in [1.29, 1.82) is 0 Å². The van der Waals surface area contributed by atoms with E-state index in [0.29, 0.717) is 32.4 Å². The van der Waals surface area contributed by atoms with Gasteiger partial charge in [0.25, 0.3) is 0 Å². The smallest absolute Gasteiger partial charge is 0.244 e. The normalized spacial score (nSPS) is 15.5. The molecule has 0 atom stereocenters. The summed E-state index contributed by atoms with van der Waals surface area (Å²) in [4.78, 5) is 35.5. The molecule has 1 aliphatic heterocycles. The summed E-state index contributed by atoms with van der Waals surface area (Å²) in [5.74, 6) is 0.0219. The van der Waals surface area contributed by atoms with Crippen molar-refractivity contribution in [3.63, 3.8) is 0 Å². The molecule has 31 heavy (non-hydrogen) atoms. The van der Waals surface area contributed by atoms with Crippen LogP contribution in [0.3, 0.4) is 0 Å². The van der Waals surface area contributed by atoms with Crippen LogP contribution in [0.15, 0.2) is 61.4 Å². The molecule has 0 spiro atoms. The van der Waals surface area contributed by atoms with Gasteiger partial charge in [0.1, 0.15) is 19.2 Å². The maximum Gasteiger partial charge on any atom is 0.244 e. The van der Waals surface area contributed by atoms with Crippen molar-refractivity contribution in [2.75, 3.05) is 20.1 Å². The molecule has 8 nitrogen and oxygen atoms in total. The van der Waals surface area contributed by atoms with E-state index in [4.69, 9.17) is 0 Å². The fourth-order valence-electron chi connectivity index (χ4n) is 4.34. The van der Waals surface area contributed by atoms with E-state index in [1.165, 1.54) is 17.3 Å². The number of aromatic nitrogens is 4. The van der Waals surface area contributed by atoms with Crippen LogP contribution in [0.1, 0.15) is 18.4 Å². The molecule has 1 saturated heterocycles. The number of carbonyl (C=O) groups is 2. The topological polar surface area (TPSA) is 93.0 Å². The summed E-state index contributed by atoms with van der Waals surface area (Å²) >= 11 is 0. The van der Waals surface area contributed by atoms with E-state index < -0.39 is 5.41 Å². The Kier molecular flexibility index (Phi) is 6.06. The summed E-state index contributed by atoms with van der Waals surface area (Å²) in [6.07, 6.45) is 8.35. The predicted octanol–water partition coefficient (Wildman–Crippen LogP) is 1.94. The molecule has 1 N–H and O–H groups in total. The summed E-state index contributed by atoms with van der Waals surface area (Å²) in [6.45, 7) is 1.24. The van der Waals surface area contributed by atoms with Crippen LogP contribution < -0.4 is 5.32 Å². The van der Waals surface area contributed by atoms with Gasteiger partial charge in [-0.05, 0) is 48.1 Å². The number of nitrogens with zero attached hydrogens (tertiary/aromatic N) is 5. The first kappa shape index (κ1) is 20.7. The summed E-state index contributed by atoms with van der Waals surface area (Å²) in [7, 11) is 1.68.